The van der Waals surface area contributed by atoms with Crippen LogP contribution in [0.25, 0.3) is 0 Å². The van der Waals surface area contributed by atoms with E-state index in [1.54, 1.807) is 11.9 Å². The minimum Gasteiger partial charge on any atom is -0.496 e. The Balaban J connectivity index is 2.99. The van der Waals surface area contributed by atoms with Crippen LogP contribution in [-0.2, 0) is 0 Å². The minimum absolute atomic E-state index is 0.100. The lowest BCUT2D eigenvalue weighted by Gasteiger charge is -2.18. The van der Waals surface area contributed by atoms with Gasteiger partial charge in [-0.05, 0) is 12.5 Å². The number of alkyl halides is 1. The Kier molecular flexibility index (Phi) is 5.75. The molecule has 0 N–H and O–H groups in total. The van der Waals surface area contributed by atoms with Crippen LogP contribution in [0.15, 0.2) is 18.2 Å². The van der Waals surface area contributed by atoms with E-state index >= 15 is 0 Å². The van der Waals surface area contributed by atoms with Gasteiger partial charge >= 0.3 is 0 Å². The minimum atomic E-state index is -0.522. The van der Waals surface area contributed by atoms with Gasteiger partial charge in [-0.15, -0.1) is 0 Å². The van der Waals surface area contributed by atoms with Crippen LogP contribution in [0, 0.1) is 10.1 Å². The maximum Gasteiger partial charge on any atom is 0.273 e. The summed E-state index contributed by atoms with van der Waals surface area (Å²) in [6, 6.07) is 3.98. The van der Waals surface area contributed by atoms with Crippen molar-refractivity contribution in [1.82, 2.24) is 4.90 Å². The number of nitrogens with zero attached hydrogens (tertiary/aromatic N) is 2. The highest BCUT2D eigenvalue weighted by Gasteiger charge is 2.19. The Morgan fingerprint density at radius 1 is 1.53 bits per heavy atom. The molecule has 0 aliphatic heterocycles. The highest BCUT2D eigenvalue weighted by molar-refractivity contribution is 9.09. The predicted octanol–water partition coefficient (Wildman–Crippen LogP) is 2.46. The second-order valence-corrected chi connectivity index (χ2v) is 4.70. The van der Waals surface area contributed by atoms with Crippen LogP contribution < -0.4 is 4.74 Å². The number of carbonyl (C=O) groups is 1. The molecule has 0 radical (unpaired) electrons. The zero-order valence-corrected chi connectivity index (χ0v) is 12.3. The maximum absolute atomic E-state index is 12.2. The van der Waals surface area contributed by atoms with E-state index in [0.717, 1.165) is 11.8 Å². The van der Waals surface area contributed by atoms with E-state index in [1.807, 2.05) is 0 Å². The third kappa shape index (κ3) is 3.92. The van der Waals surface area contributed by atoms with Gasteiger partial charge < -0.3 is 9.64 Å². The second kappa shape index (κ2) is 7.08. The van der Waals surface area contributed by atoms with Gasteiger partial charge in [0.1, 0.15) is 5.75 Å². The van der Waals surface area contributed by atoms with Crippen molar-refractivity contribution in [3.8, 4) is 5.75 Å². The molecule has 0 saturated heterocycles. The summed E-state index contributed by atoms with van der Waals surface area (Å²) < 4.78 is 5.05. The van der Waals surface area contributed by atoms with Crippen molar-refractivity contribution in [2.24, 2.45) is 0 Å². The molecule has 7 heteroatoms. The Morgan fingerprint density at radius 3 is 2.74 bits per heavy atom. The molecule has 19 heavy (non-hydrogen) atoms. The van der Waals surface area contributed by atoms with Crippen LogP contribution >= 0.6 is 15.9 Å². The summed E-state index contributed by atoms with van der Waals surface area (Å²) >= 11 is 3.30. The number of carbonyl (C=O) groups excluding carboxylic acids is 1. The summed E-state index contributed by atoms with van der Waals surface area (Å²) in [6.07, 6.45) is 0.831. The molecule has 1 aromatic rings. The van der Waals surface area contributed by atoms with E-state index in [-0.39, 0.29) is 17.3 Å². The van der Waals surface area contributed by atoms with Gasteiger partial charge in [0, 0.05) is 25.0 Å². The number of methoxy groups -OCH3 is 1. The van der Waals surface area contributed by atoms with E-state index in [4.69, 9.17) is 4.74 Å². The van der Waals surface area contributed by atoms with Gasteiger partial charge in [0.05, 0.1) is 23.7 Å². The number of nitro groups is 1. The molecule has 0 heterocycles. The summed E-state index contributed by atoms with van der Waals surface area (Å²) in [5.74, 6) is -0.00223. The molecule has 6 nitrogen and oxygen atoms in total. The van der Waals surface area contributed by atoms with E-state index < -0.39 is 4.92 Å². The average Bonchev–Trinajstić information content (AvgIpc) is 2.42. The van der Waals surface area contributed by atoms with Crippen LogP contribution in [0.3, 0.4) is 0 Å². The quantitative estimate of drug-likeness (QED) is 0.456. The van der Waals surface area contributed by atoms with E-state index in [2.05, 4.69) is 15.9 Å². The van der Waals surface area contributed by atoms with Crippen molar-refractivity contribution in [3.63, 3.8) is 0 Å². The Labute approximate surface area is 119 Å². The lowest BCUT2D eigenvalue weighted by molar-refractivity contribution is -0.384. The monoisotopic (exact) mass is 330 g/mol. The predicted molar refractivity (Wildman–Crippen MR) is 75.0 cm³/mol. The van der Waals surface area contributed by atoms with E-state index in [0.29, 0.717) is 12.1 Å². The van der Waals surface area contributed by atoms with Crippen molar-refractivity contribution in [1.29, 1.82) is 0 Å². The lowest BCUT2D eigenvalue weighted by atomic mass is 10.1. The molecule has 0 atom stereocenters. The first kappa shape index (κ1) is 15.4. The number of hydrogen-bond acceptors (Lipinski definition) is 4. The highest BCUT2D eigenvalue weighted by Crippen LogP contribution is 2.25. The van der Waals surface area contributed by atoms with Crippen LogP contribution in [0.4, 0.5) is 5.69 Å². The first-order chi connectivity index (χ1) is 9.01. The molecule has 104 valence electrons. The molecule has 0 aliphatic rings. The fourth-order valence-electron chi connectivity index (χ4n) is 1.57. The molecule has 0 unspecified atom stereocenters. The molecule has 0 aromatic heterocycles. The van der Waals surface area contributed by atoms with Gasteiger partial charge in [0.15, 0.2) is 0 Å². The largest absolute Gasteiger partial charge is 0.496 e. The lowest BCUT2D eigenvalue weighted by Crippen LogP contribution is -2.28. The SMILES string of the molecule is COc1cc([N+](=O)[O-])ccc1C(=O)N(C)CCCBr. The first-order valence-corrected chi connectivity index (χ1v) is 6.77. The molecule has 1 rings (SSSR count). The number of non-ortho nitro benzene ring substituents is 1. The number of amides is 1. The van der Waals surface area contributed by atoms with Crippen molar-refractivity contribution in [3.05, 3.63) is 33.9 Å². The standard InChI is InChI=1S/C12H15BrN2O4/c1-14(7-3-6-13)12(16)10-5-4-9(15(17)18)8-11(10)19-2/h4-5,8H,3,6-7H2,1-2H3. The van der Waals surface area contributed by atoms with Gasteiger partial charge in [0.2, 0.25) is 0 Å². The third-order valence-electron chi connectivity index (χ3n) is 2.60. The second-order valence-electron chi connectivity index (χ2n) is 3.91. The molecule has 1 amide bonds. The number of hydrogen-bond donors (Lipinski definition) is 0. The molecule has 0 saturated carbocycles. The summed E-state index contributed by atoms with van der Waals surface area (Å²) in [5, 5.41) is 11.5. The van der Waals surface area contributed by atoms with Gasteiger partial charge in [-0.3, -0.25) is 14.9 Å². The smallest absolute Gasteiger partial charge is 0.273 e. The van der Waals surface area contributed by atoms with Gasteiger partial charge in [-0.25, -0.2) is 0 Å². The maximum atomic E-state index is 12.2. The molecule has 0 fully saturated rings. The number of ether oxygens (including phenoxy) is 1. The van der Waals surface area contributed by atoms with Crippen molar-refractivity contribution >= 4 is 27.5 Å². The first-order valence-electron chi connectivity index (χ1n) is 5.65. The van der Waals surface area contributed by atoms with Gasteiger partial charge in [-0.2, -0.15) is 0 Å². The van der Waals surface area contributed by atoms with Crippen LogP contribution in [-0.4, -0.2) is 41.8 Å². The number of halogens is 1. The summed E-state index contributed by atoms with van der Waals surface area (Å²) in [4.78, 5) is 23.9. The zero-order chi connectivity index (χ0) is 14.4. The summed E-state index contributed by atoms with van der Waals surface area (Å²) in [7, 11) is 3.07. The molecular formula is C12H15BrN2O4. The van der Waals surface area contributed by atoms with Gasteiger partial charge in [-0.1, -0.05) is 15.9 Å². The summed E-state index contributed by atoms with van der Waals surface area (Å²) in [5.41, 5.74) is 0.224. The fraction of sp³-hybridized carbons (Fsp3) is 0.417. The topological polar surface area (TPSA) is 72.7 Å². The number of nitro benzene ring substituents is 1. The highest BCUT2D eigenvalue weighted by atomic mass is 79.9. The van der Waals surface area contributed by atoms with E-state index in [1.165, 1.54) is 25.3 Å². The molecule has 0 aliphatic carbocycles. The Bertz CT molecular complexity index is 479. The zero-order valence-electron chi connectivity index (χ0n) is 10.8. The van der Waals surface area contributed by atoms with Crippen LogP contribution in [0.1, 0.15) is 16.8 Å². The fourth-order valence-corrected chi connectivity index (χ4v) is 1.83. The average molecular weight is 331 g/mol. The third-order valence-corrected chi connectivity index (χ3v) is 3.16. The normalized spacial score (nSPS) is 10.1. The van der Waals surface area contributed by atoms with Gasteiger partial charge in [0.25, 0.3) is 11.6 Å². The van der Waals surface area contributed by atoms with Crippen molar-refractivity contribution in [2.45, 2.75) is 6.42 Å². The van der Waals surface area contributed by atoms with Crippen molar-refractivity contribution in [2.75, 3.05) is 26.0 Å². The number of rotatable bonds is 6. The van der Waals surface area contributed by atoms with E-state index in [9.17, 15) is 14.9 Å². The Hall–Kier alpha value is -1.63. The summed E-state index contributed by atoms with van der Waals surface area (Å²) in [6.45, 7) is 0.601. The number of benzene rings is 1. The molecule has 0 spiro atoms. The van der Waals surface area contributed by atoms with Crippen molar-refractivity contribution < 1.29 is 14.5 Å². The van der Waals surface area contributed by atoms with Crippen LogP contribution in [0.2, 0.25) is 0 Å². The molecule has 1 aromatic carbocycles. The molecular weight excluding hydrogens is 316 g/mol. The molecule has 0 bridgehead atoms. The van der Waals surface area contributed by atoms with Crippen LogP contribution in [0.5, 0.6) is 5.75 Å². The Morgan fingerprint density at radius 2 is 2.21 bits per heavy atom.